The SMILES string of the molecule is CCc1cn[nH]c1NC(=O)C1CCNC(C)C1. The van der Waals surface area contributed by atoms with E-state index in [1.165, 1.54) is 0 Å². The zero-order valence-corrected chi connectivity index (χ0v) is 10.4. The van der Waals surface area contributed by atoms with Crippen LogP contribution in [0.5, 0.6) is 0 Å². The highest BCUT2D eigenvalue weighted by Gasteiger charge is 2.25. The first kappa shape index (κ1) is 12.1. The van der Waals surface area contributed by atoms with Gasteiger partial charge in [0.15, 0.2) is 0 Å². The van der Waals surface area contributed by atoms with Gasteiger partial charge in [-0.3, -0.25) is 9.89 Å². The summed E-state index contributed by atoms with van der Waals surface area (Å²) < 4.78 is 0. The molecule has 2 atom stereocenters. The smallest absolute Gasteiger partial charge is 0.228 e. The van der Waals surface area contributed by atoms with Gasteiger partial charge >= 0.3 is 0 Å². The molecule has 1 fully saturated rings. The molecule has 2 rings (SSSR count). The van der Waals surface area contributed by atoms with E-state index in [0.29, 0.717) is 6.04 Å². The van der Waals surface area contributed by atoms with E-state index in [4.69, 9.17) is 0 Å². The Morgan fingerprint density at radius 2 is 2.47 bits per heavy atom. The van der Waals surface area contributed by atoms with Gasteiger partial charge in [-0.05, 0) is 32.7 Å². The van der Waals surface area contributed by atoms with E-state index in [-0.39, 0.29) is 11.8 Å². The minimum Gasteiger partial charge on any atom is -0.314 e. The van der Waals surface area contributed by atoms with E-state index in [0.717, 1.165) is 37.2 Å². The number of aromatic amines is 1. The topological polar surface area (TPSA) is 69.8 Å². The number of aromatic nitrogens is 2. The predicted octanol–water partition coefficient (Wildman–Crippen LogP) is 1.30. The van der Waals surface area contributed by atoms with Crippen LogP contribution < -0.4 is 10.6 Å². The number of nitrogens with one attached hydrogen (secondary N) is 3. The van der Waals surface area contributed by atoms with Crippen LogP contribution in [0.1, 0.15) is 32.3 Å². The van der Waals surface area contributed by atoms with Crippen LogP contribution in [-0.2, 0) is 11.2 Å². The van der Waals surface area contributed by atoms with Gasteiger partial charge in [0.05, 0.1) is 6.20 Å². The Bertz CT molecular complexity index is 388. The fraction of sp³-hybridized carbons (Fsp3) is 0.667. The second kappa shape index (κ2) is 5.31. The van der Waals surface area contributed by atoms with Crippen molar-refractivity contribution < 1.29 is 4.79 Å². The first-order valence-electron chi connectivity index (χ1n) is 6.27. The lowest BCUT2D eigenvalue weighted by atomic mass is 9.92. The zero-order chi connectivity index (χ0) is 12.3. The van der Waals surface area contributed by atoms with Crippen molar-refractivity contribution in [3.63, 3.8) is 0 Å². The van der Waals surface area contributed by atoms with E-state index in [1.807, 2.05) is 6.92 Å². The number of anilines is 1. The van der Waals surface area contributed by atoms with Crippen LogP contribution in [0.3, 0.4) is 0 Å². The van der Waals surface area contributed by atoms with Crippen molar-refractivity contribution in [3.05, 3.63) is 11.8 Å². The molecule has 1 amide bonds. The number of H-pyrrole nitrogens is 1. The highest BCUT2D eigenvalue weighted by molar-refractivity contribution is 5.92. The molecular weight excluding hydrogens is 216 g/mol. The van der Waals surface area contributed by atoms with Crippen molar-refractivity contribution >= 4 is 11.7 Å². The zero-order valence-electron chi connectivity index (χ0n) is 10.4. The Morgan fingerprint density at radius 3 is 3.18 bits per heavy atom. The minimum absolute atomic E-state index is 0.109. The lowest BCUT2D eigenvalue weighted by Crippen LogP contribution is -2.40. The summed E-state index contributed by atoms with van der Waals surface area (Å²) in [5, 5.41) is 13.1. The Balaban J connectivity index is 1.96. The summed E-state index contributed by atoms with van der Waals surface area (Å²) in [6.45, 7) is 5.09. The third-order valence-electron chi connectivity index (χ3n) is 3.34. The number of hydrogen-bond donors (Lipinski definition) is 3. The lowest BCUT2D eigenvalue weighted by Gasteiger charge is -2.26. The van der Waals surface area contributed by atoms with Crippen LogP contribution >= 0.6 is 0 Å². The summed E-state index contributed by atoms with van der Waals surface area (Å²) in [6.07, 6.45) is 4.45. The van der Waals surface area contributed by atoms with Crippen LogP contribution in [-0.4, -0.2) is 28.7 Å². The number of aryl methyl sites for hydroxylation is 1. The normalized spacial score (nSPS) is 24.6. The fourth-order valence-corrected chi connectivity index (χ4v) is 2.28. The van der Waals surface area contributed by atoms with Gasteiger partial charge in [0.1, 0.15) is 5.82 Å². The molecule has 3 N–H and O–H groups in total. The second-order valence-electron chi connectivity index (χ2n) is 4.69. The number of hydrogen-bond acceptors (Lipinski definition) is 3. The maximum absolute atomic E-state index is 12.1. The summed E-state index contributed by atoms with van der Waals surface area (Å²) in [6, 6.07) is 0.423. The molecular formula is C12H20N4O. The quantitative estimate of drug-likeness (QED) is 0.741. The van der Waals surface area contributed by atoms with E-state index in [2.05, 4.69) is 27.8 Å². The average Bonchev–Trinajstić information content (AvgIpc) is 2.76. The number of rotatable bonds is 3. The number of carbonyl (C=O) groups is 1. The van der Waals surface area contributed by atoms with Crippen molar-refractivity contribution in [2.75, 3.05) is 11.9 Å². The molecule has 1 aliphatic heterocycles. The summed E-state index contributed by atoms with van der Waals surface area (Å²) in [5.74, 6) is 0.972. The lowest BCUT2D eigenvalue weighted by molar-refractivity contribution is -0.120. The van der Waals surface area contributed by atoms with Crippen LogP contribution in [0.15, 0.2) is 6.20 Å². The number of nitrogens with zero attached hydrogens (tertiary/aromatic N) is 1. The maximum atomic E-state index is 12.1. The van der Waals surface area contributed by atoms with Crippen LogP contribution in [0.4, 0.5) is 5.82 Å². The Labute approximate surface area is 101 Å². The summed E-state index contributed by atoms with van der Waals surface area (Å²) >= 11 is 0. The molecule has 0 bridgehead atoms. The van der Waals surface area contributed by atoms with Gasteiger partial charge in [0.2, 0.25) is 5.91 Å². The van der Waals surface area contributed by atoms with Gasteiger partial charge in [0, 0.05) is 17.5 Å². The molecule has 94 valence electrons. The molecule has 5 nitrogen and oxygen atoms in total. The average molecular weight is 236 g/mol. The Morgan fingerprint density at radius 1 is 1.65 bits per heavy atom. The molecule has 0 aromatic carbocycles. The predicted molar refractivity (Wildman–Crippen MR) is 66.8 cm³/mol. The van der Waals surface area contributed by atoms with Crippen molar-refractivity contribution in [1.82, 2.24) is 15.5 Å². The Hall–Kier alpha value is -1.36. The molecule has 1 saturated heterocycles. The number of carbonyl (C=O) groups excluding carboxylic acids is 1. The molecule has 0 saturated carbocycles. The van der Waals surface area contributed by atoms with Gasteiger partial charge in [-0.1, -0.05) is 6.92 Å². The minimum atomic E-state index is 0.109. The van der Waals surface area contributed by atoms with Crippen LogP contribution in [0, 0.1) is 5.92 Å². The fourth-order valence-electron chi connectivity index (χ4n) is 2.28. The number of piperidine rings is 1. The van der Waals surface area contributed by atoms with Crippen molar-refractivity contribution in [2.24, 2.45) is 5.92 Å². The molecule has 1 aromatic rings. The number of amides is 1. The van der Waals surface area contributed by atoms with Crippen LogP contribution in [0.25, 0.3) is 0 Å². The van der Waals surface area contributed by atoms with Crippen LogP contribution in [0.2, 0.25) is 0 Å². The van der Waals surface area contributed by atoms with Gasteiger partial charge in [0.25, 0.3) is 0 Å². The molecule has 0 radical (unpaired) electrons. The van der Waals surface area contributed by atoms with Crippen molar-refractivity contribution in [3.8, 4) is 0 Å². The summed E-state index contributed by atoms with van der Waals surface area (Å²) in [5.41, 5.74) is 1.06. The van der Waals surface area contributed by atoms with E-state index >= 15 is 0 Å². The highest BCUT2D eigenvalue weighted by atomic mass is 16.2. The third kappa shape index (κ3) is 2.85. The largest absolute Gasteiger partial charge is 0.314 e. The van der Waals surface area contributed by atoms with Crippen molar-refractivity contribution in [2.45, 2.75) is 39.2 Å². The third-order valence-corrected chi connectivity index (χ3v) is 3.34. The monoisotopic (exact) mass is 236 g/mol. The Kier molecular flexibility index (Phi) is 3.78. The molecule has 2 unspecified atom stereocenters. The molecule has 5 heteroatoms. The molecule has 1 aliphatic rings. The highest BCUT2D eigenvalue weighted by Crippen LogP contribution is 2.19. The first-order chi connectivity index (χ1) is 8.20. The maximum Gasteiger partial charge on any atom is 0.228 e. The summed E-state index contributed by atoms with van der Waals surface area (Å²) in [4.78, 5) is 12.1. The van der Waals surface area contributed by atoms with E-state index in [9.17, 15) is 4.79 Å². The molecule has 2 heterocycles. The van der Waals surface area contributed by atoms with E-state index in [1.54, 1.807) is 6.20 Å². The molecule has 1 aromatic heterocycles. The second-order valence-corrected chi connectivity index (χ2v) is 4.69. The standard InChI is InChI=1S/C12H20N4O/c1-3-9-7-14-16-11(9)15-12(17)10-4-5-13-8(2)6-10/h7-8,10,13H,3-6H2,1-2H3,(H2,14,15,16,17). The van der Waals surface area contributed by atoms with Gasteiger partial charge in [-0.25, -0.2) is 0 Å². The molecule has 17 heavy (non-hydrogen) atoms. The molecule has 0 spiro atoms. The first-order valence-corrected chi connectivity index (χ1v) is 6.27. The van der Waals surface area contributed by atoms with Crippen molar-refractivity contribution in [1.29, 1.82) is 0 Å². The summed E-state index contributed by atoms with van der Waals surface area (Å²) in [7, 11) is 0. The van der Waals surface area contributed by atoms with Gasteiger partial charge in [-0.15, -0.1) is 0 Å². The molecule has 0 aliphatic carbocycles. The van der Waals surface area contributed by atoms with E-state index < -0.39 is 0 Å². The van der Waals surface area contributed by atoms with Gasteiger partial charge in [-0.2, -0.15) is 5.10 Å². The van der Waals surface area contributed by atoms with Gasteiger partial charge < -0.3 is 10.6 Å².